The lowest BCUT2D eigenvalue weighted by atomic mass is 9.98. The summed E-state index contributed by atoms with van der Waals surface area (Å²) in [6.45, 7) is 4.23. The van der Waals surface area contributed by atoms with Gasteiger partial charge in [0.05, 0.1) is 17.8 Å². The number of nitrogens with zero attached hydrogens (tertiary/aromatic N) is 1. The predicted octanol–water partition coefficient (Wildman–Crippen LogP) is 3.49. The molecule has 1 N–H and O–H groups in total. The van der Waals surface area contributed by atoms with Crippen molar-refractivity contribution >= 4 is 0 Å². The van der Waals surface area contributed by atoms with Crippen LogP contribution in [0.15, 0.2) is 0 Å². The number of likely N-dealkylation sites (tertiary alicyclic amines) is 1. The zero-order chi connectivity index (χ0) is 14.7. The first-order valence-electron chi connectivity index (χ1n) is 9.27. The highest BCUT2D eigenvalue weighted by Gasteiger charge is 2.42. The highest BCUT2D eigenvalue weighted by atomic mass is 16.5. The average Bonchev–Trinajstić information content (AvgIpc) is 3.00. The quantitative estimate of drug-likeness (QED) is 0.861. The molecule has 3 fully saturated rings. The number of aliphatic hydroxyl groups excluding tert-OH is 1. The molecule has 3 atom stereocenters. The van der Waals surface area contributed by atoms with Crippen LogP contribution >= 0.6 is 0 Å². The van der Waals surface area contributed by atoms with E-state index in [1.807, 2.05) is 6.92 Å². The van der Waals surface area contributed by atoms with Gasteiger partial charge in [0, 0.05) is 12.6 Å². The summed E-state index contributed by atoms with van der Waals surface area (Å²) in [5, 5.41) is 9.78. The fraction of sp³-hybridized carbons (Fsp3) is 1.00. The van der Waals surface area contributed by atoms with Crippen LogP contribution in [0.2, 0.25) is 0 Å². The molecular weight excluding hydrogens is 262 g/mol. The maximum absolute atomic E-state index is 9.78. The second-order valence-electron chi connectivity index (χ2n) is 7.75. The van der Waals surface area contributed by atoms with E-state index in [4.69, 9.17) is 4.74 Å². The molecule has 2 saturated heterocycles. The van der Waals surface area contributed by atoms with E-state index < -0.39 is 0 Å². The fourth-order valence-corrected chi connectivity index (χ4v) is 4.81. The van der Waals surface area contributed by atoms with Crippen molar-refractivity contribution in [3.63, 3.8) is 0 Å². The normalized spacial score (nSPS) is 35.1. The Labute approximate surface area is 130 Å². The molecule has 3 nitrogen and oxygen atoms in total. The lowest BCUT2D eigenvalue weighted by Gasteiger charge is -2.33. The van der Waals surface area contributed by atoms with Crippen molar-refractivity contribution in [2.75, 3.05) is 13.1 Å². The average molecular weight is 295 g/mol. The van der Waals surface area contributed by atoms with Crippen LogP contribution in [0.25, 0.3) is 0 Å². The first-order chi connectivity index (χ1) is 10.2. The summed E-state index contributed by atoms with van der Waals surface area (Å²) in [7, 11) is 0. The summed E-state index contributed by atoms with van der Waals surface area (Å²) in [5.41, 5.74) is 0.260. The third-order valence-corrected chi connectivity index (χ3v) is 5.90. The minimum absolute atomic E-state index is 0.179. The minimum atomic E-state index is -0.179. The van der Waals surface area contributed by atoms with Crippen LogP contribution in [0.1, 0.15) is 77.6 Å². The Hall–Kier alpha value is -0.120. The van der Waals surface area contributed by atoms with Gasteiger partial charge in [0.15, 0.2) is 0 Å². The first-order valence-corrected chi connectivity index (χ1v) is 9.27. The summed E-state index contributed by atoms with van der Waals surface area (Å²) in [6.07, 6.45) is 14.3. The molecule has 0 aromatic carbocycles. The molecule has 1 spiro atoms. The van der Waals surface area contributed by atoms with E-state index in [0.29, 0.717) is 12.1 Å². The lowest BCUT2D eigenvalue weighted by Crippen LogP contribution is -2.42. The zero-order valence-electron chi connectivity index (χ0n) is 13.7. The van der Waals surface area contributed by atoms with Gasteiger partial charge in [-0.3, -0.25) is 4.90 Å². The van der Waals surface area contributed by atoms with Crippen LogP contribution in [0.4, 0.5) is 0 Å². The number of ether oxygens (including phenoxy) is 1. The topological polar surface area (TPSA) is 32.7 Å². The van der Waals surface area contributed by atoms with Crippen LogP contribution in [0.5, 0.6) is 0 Å². The summed E-state index contributed by atoms with van der Waals surface area (Å²) in [5.74, 6) is 0. The van der Waals surface area contributed by atoms with Crippen LogP contribution in [-0.2, 0) is 4.74 Å². The minimum Gasteiger partial charge on any atom is -0.393 e. The van der Waals surface area contributed by atoms with Crippen LogP contribution in [-0.4, -0.2) is 46.9 Å². The Kier molecular flexibility index (Phi) is 5.23. The molecule has 3 unspecified atom stereocenters. The Morgan fingerprint density at radius 2 is 1.90 bits per heavy atom. The molecule has 0 amide bonds. The summed E-state index contributed by atoms with van der Waals surface area (Å²) in [4.78, 5) is 2.64. The molecule has 1 aliphatic carbocycles. The highest BCUT2D eigenvalue weighted by molar-refractivity contribution is 4.94. The second-order valence-corrected chi connectivity index (χ2v) is 7.75. The molecule has 0 aromatic rings. The van der Waals surface area contributed by atoms with Gasteiger partial charge in [-0.1, -0.05) is 25.7 Å². The molecule has 1 saturated carbocycles. The van der Waals surface area contributed by atoms with Gasteiger partial charge in [0.25, 0.3) is 0 Å². The first kappa shape index (κ1) is 15.8. The Bertz CT molecular complexity index is 325. The van der Waals surface area contributed by atoms with E-state index in [0.717, 1.165) is 13.0 Å². The molecule has 3 heteroatoms. The van der Waals surface area contributed by atoms with E-state index in [9.17, 15) is 5.11 Å². The SMILES string of the molecule is CC(O)CC1CCCCCN1CC1CCC2(CCCC2)O1. The van der Waals surface area contributed by atoms with Gasteiger partial charge in [-0.25, -0.2) is 0 Å². The zero-order valence-corrected chi connectivity index (χ0v) is 13.7. The van der Waals surface area contributed by atoms with Gasteiger partial charge < -0.3 is 9.84 Å². The van der Waals surface area contributed by atoms with Crippen molar-refractivity contribution in [3.8, 4) is 0 Å². The van der Waals surface area contributed by atoms with E-state index in [1.54, 1.807) is 0 Å². The van der Waals surface area contributed by atoms with E-state index in [2.05, 4.69) is 4.90 Å². The molecule has 21 heavy (non-hydrogen) atoms. The van der Waals surface area contributed by atoms with Gasteiger partial charge in [-0.2, -0.15) is 0 Å². The third-order valence-electron chi connectivity index (χ3n) is 5.90. The summed E-state index contributed by atoms with van der Waals surface area (Å²) >= 11 is 0. The van der Waals surface area contributed by atoms with Gasteiger partial charge >= 0.3 is 0 Å². The summed E-state index contributed by atoms with van der Waals surface area (Å²) < 4.78 is 6.50. The van der Waals surface area contributed by atoms with Crippen molar-refractivity contribution in [2.24, 2.45) is 0 Å². The van der Waals surface area contributed by atoms with Gasteiger partial charge in [0.2, 0.25) is 0 Å². The summed E-state index contributed by atoms with van der Waals surface area (Å²) in [6, 6.07) is 0.566. The maximum atomic E-state index is 9.78. The Morgan fingerprint density at radius 3 is 2.67 bits per heavy atom. The van der Waals surface area contributed by atoms with Crippen LogP contribution in [0, 0.1) is 0 Å². The van der Waals surface area contributed by atoms with E-state index >= 15 is 0 Å². The van der Waals surface area contributed by atoms with Crippen molar-refractivity contribution in [2.45, 2.75) is 101 Å². The fourth-order valence-electron chi connectivity index (χ4n) is 4.81. The highest BCUT2D eigenvalue weighted by Crippen LogP contribution is 2.43. The smallest absolute Gasteiger partial charge is 0.0710 e. The molecular formula is C18H33NO2. The second kappa shape index (κ2) is 6.97. The molecule has 2 heterocycles. The molecule has 3 aliphatic rings. The van der Waals surface area contributed by atoms with Crippen molar-refractivity contribution in [1.29, 1.82) is 0 Å². The predicted molar refractivity (Wildman–Crippen MR) is 85.4 cm³/mol. The molecule has 122 valence electrons. The van der Waals surface area contributed by atoms with Gasteiger partial charge in [-0.15, -0.1) is 0 Å². The van der Waals surface area contributed by atoms with E-state index in [-0.39, 0.29) is 11.7 Å². The monoisotopic (exact) mass is 295 g/mol. The largest absolute Gasteiger partial charge is 0.393 e. The van der Waals surface area contributed by atoms with Crippen molar-refractivity contribution in [3.05, 3.63) is 0 Å². The van der Waals surface area contributed by atoms with Gasteiger partial charge in [-0.05, 0) is 58.4 Å². The number of aliphatic hydroxyl groups is 1. The molecule has 0 bridgehead atoms. The third kappa shape index (κ3) is 4.00. The number of rotatable bonds is 4. The maximum Gasteiger partial charge on any atom is 0.0710 e. The van der Waals surface area contributed by atoms with Crippen molar-refractivity contribution in [1.82, 2.24) is 4.90 Å². The molecule has 0 radical (unpaired) electrons. The van der Waals surface area contributed by atoms with Crippen LogP contribution in [0.3, 0.4) is 0 Å². The Balaban J connectivity index is 1.56. The van der Waals surface area contributed by atoms with E-state index in [1.165, 1.54) is 70.8 Å². The standard InChI is InChI=1S/C18H33NO2/c1-15(20)13-16-7-3-2-6-12-19(16)14-17-8-11-18(21-17)9-4-5-10-18/h15-17,20H,2-14H2,1H3. The number of hydrogen-bond acceptors (Lipinski definition) is 3. The van der Waals surface area contributed by atoms with Gasteiger partial charge in [0.1, 0.15) is 0 Å². The Morgan fingerprint density at radius 1 is 1.10 bits per heavy atom. The van der Waals surface area contributed by atoms with Crippen molar-refractivity contribution < 1.29 is 9.84 Å². The van der Waals surface area contributed by atoms with Crippen LogP contribution < -0.4 is 0 Å². The number of hydrogen-bond donors (Lipinski definition) is 1. The molecule has 3 rings (SSSR count). The molecule has 2 aliphatic heterocycles. The lowest BCUT2D eigenvalue weighted by molar-refractivity contribution is -0.0528. The molecule has 0 aromatic heterocycles.